The van der Waals surface area contributed by atoms with Gasteiger partial charge < -0.3 is 14.6 Å². The van der Waals surface area contributed by atoms with Crippen molar-refractivity contribution in [1.29, 1.82) is 0 Å². The molecule has 0 fully saturated rings. The fraction of sp³-hybridized carbons (Fsp3) is 0.412. The van der Waals surface area contributed by atoms with Crippen molar-refractivity contribution in [2.75, 3.05) is 19.8 Å². The van der Waals surface area contributed by atoms with Crippen LogP contribution in [0, 0.1) is 0 Å². The third-order valence-corrected chi connectivity index (χ3v) is 3.08. The van der Waals surface area contributed by atoms with Crippen molar-refractivity contribution < 1.29 is 14.6 Å². The highest BCUT2D eigenvalue weighted by atomic mass is 16.5. The maximum Gasteiger partial charge on any atom is 0.119 e. The van der Waals surface area contributed by atoms with Gasteiger partial charge in [-0.1, -0.05) is 19.1 Å². The Labute approximate surface area is 120 Å². The Morgan fingerprint density at radius 2 is 1.45 bits per heavy atom. The number of fused-ring (bicyclic) bond motifs is 1. The van der Waals surface area contributed by atoms with Crippen LogP contribution in [0.3, 0.4) is 0 Å². The van der Waals surface area contributed by atoms with Gasteiger partial charge >= 0.3 is 0 Å². The highest BCUT2D eigenvalue weighted by Gasteiger charge is 2.00. The van der Waals surface area contributed by atoms with Gasteiger partial charge in [-0.2, -0.15) is 0 Å². The zero-order chi connectivity index (χ0) is 14.2. The Hall–Kier alpha value is -1.74. The van der Waals surface area contributed by atoms with Crippen molar-refractivity contribution in [2.45, 2.75) is 26.2 Å². The first kappa shape index (κ1) is 14.7. The zero-order valence-electron chi connectivity index (χ0n) is 12.0. The number of hydrogen-bond acceptors (Lipinski definition) is 3. The van der Waals surface area contributed by atoms with Gasteiger partial charge in [0.1, 0.15) is 11.5 Å². The second-order valence-corrected chi connectivity index (χ2v) is 4.80. The molecular formula is C17H22O3. The lowest BCUT2D eigenvalue weighted by Crippen LogP contribution is -1.98. The normalized spacial score (nSPS) is 10.7. The number of aliphatic hydroxyl groups excluding tert-OH is 1. The lowest BCUT2D eigenvalue weighted by Gasteiger charge is -2.09. The zero-order valence-corrected chi connectivity index (χ0v) is 12.0. The summed E-state index contributed by atoms with van der Waals surface area (Å²) >= 11 is 0. The summed E-state index contributed by atoms with van der Waals surface area (Å²) in [5, 5.41) is 11.0. The quantitative estimate of drug-likeness (QED) is 0.744. The van der Waals surface area contributed by atoms with Gasteiger partial charge in [0.05, 0.1) is 13.2 Å². The molecule has 0 atom stereocenters. The van der Waals surface area contributed by atoms with Gasteiger partial charge in [-0.15, -0.1) is 0 Å². The summed E-state index contributed by atoms with van der Waals surface area (Å²) in [6.07, 6.45) is 2.67. The van der Waals surface area contributed by atoms with Crippen LogP contribution >= 0.6 is 0 Å². The van der Waals surface area contributed by atoms with E-state index >= 15 is 0 Å². The van der Waals surface area contributed by atoms with Gasteiger partial charge in [0, 0.05) is 6.61 Å². The summed E-state index contributed by atoms with van der Waals surface area (Å²) in [4.78, 5) is 0. The van der Waals surface area contributed by atoms with E-state index in [1.165, 1.54) is 0 Å². The number of aliphatic hydroxyl groups is 1. The standard InChI is InChI=1S/C17H22O3/c1-2-10-19-16-7-5-15-13-17(8-6-14(15)12-16)20-11-4-3-9-18/h5-8,12-13,18H,2-4,9-11H2,1H3. The molecule has 0 saturated heterocycles. The predicted octanol–water partition coefficient (Wildman–Crippen LogP) is 3.78. The summed E-state index contributed by atoms with van der Waals surface area (Å²) in [5.41, 5.74) is 0. The van der Waals surface area contributed by atoms with Gasteiger partial charge in [0.15, 0.2) is 0 Å². The predicted molar refractivity (Wildman–Crippen MR) is 81.5 cm³/mol. The summed E-state index contributed by atoms with van der Waals surface area (Å²) in [5.74, 6) is 1.79. The minimum atomic E-state index is 0.224. The molecule has 0 amide bonds. The van der Waals surface area contributed by atoms with E-state index in [-0.39, 0.29) is 6.61 Å². The SMILES string of the molecule is CCCOc1ccc2cc(OCCCCO)ccc2c1. The molecule has 0 saturated carbocycles. The van der Waals surface area contributed by atoms with E-state index in [2.05, 4.69) is 25.1 Å². The number of hydrogen-bond donors (Lipinski definition) is 1. The van der Waals surface area contributed by atoms with E-state index in [9.17, 15) is 0 Å². The Balaban J connectivity index is 2.02. The molecule has 0 aliphatic rings. The van der Waals surface area contributed by atoms with Gasteiger partial charge in [-0.3, -0.25) is 0 Å². The average Bonchev–Trinajstić information content (AvgIpc) is 2.49. The largest absolute Gasteiger partial charge is 0.494 e. The molecule has 0 aliphatic carbocycles. The molecule has 0 unspecified atom stereocenters. The van der Waals surface area contributed by atoms with E-state index in [0.717, 1.165) is 48.1 Å². The van der Waals surface area contributed by atoms with Crippen molar-refractivity contribution in [3.63, 3.8) is 0 Å². The Kier molecular flexibility index (Phi) is 5.69. The van der Waals surface area contributed by atoms with E-state index in [4.69, 9.17) is 14.6 Å². The molecule has 3 heteroatoms. The molecule has 1 N–H and O–H groups in total. The fourth-order valence-corrected chi connectivity index (χ4v) is 2.01. The van der Waals surface area contributed by atoms with Crippen LogP contribution < -0.4 is 9.47 Å². The van der Waals surface area contributed by atoms with Crippen LogP contribution in [0.25, 0.3) is 10.8 Å². The van der Waals surface area contributed by atoms with Crippen LogP contribution in [-0.4, -0.2) is 24.9 Å². The molecule has 2 aromatic rings. The molecule has 0 aliphatic heterocycles. The van der Waals surface area contributed by atoms with E-state index in [0.29, 0.717) is 6.61 Å². The average molecular weight is 274 g/mol. The third kappa shape index (κ3) is 4.14. The van der Waals surface area contributed by atoms with Crippen LogP contribution in [0.1, 0.15) is 26.2 Å². The number of unbranched alkanes of at least 4 members (excludes halogenated alkanes) is 1. The first-order valence-electron chi connectivity index (χ1n) is 7.24. The number of ether oxygens (including phenoxy) is 2. The fourth-order valence-electron chi connectivity index (χ4n) is 2.01. The lowest BCUT2D eigenvalue weighted by molar-refractivity contribution is 0.253. The number of benzene rings is 2. The highest BCUT2D eigenvalue weighted by molar-refractivity contribution is 5.85. The molecule has 0 bridgehead atoms. The Morgan fingerprint density at radius 3 is 2.00 bits per heavy atom. The topological polar surface area (TPSA) is 38.7 Å². The summed E-state index contributed by atoms with van der Waals surface area (Å²) in [6, 6.07) is 12.2. The minimum Gasteiger partial charge on any atom is -0.494 e. The first-order valence-corrected chi connectivity index (χ1v) is 7.24. The molecule has 108 valence electrons. The molecule has 2 aromatic carbocycles. The molecule has 3 nitrogen and oxygen atoms in total. The third-order valence-electron chi connectivity index (χ3n) is 3.08. The van der Waals surface area contributed by atoms with Gasteiger partial charge in [-0.25, -0.2) is 0 Å². The number of rotatable bonds is 8. The molecule has 0 radical (unpaired) electrons. The molecule has 2 rings (SSSR count). The summed E-state index contributed by atoms with van der Waals surface area (Å²) in [7, 11) is 0. The Morgan fingerprint density at radius 1 is 0.850 bits per heavy atom. The first-order chi connectivity index (χ1) is 9.83. The van der Waals surface area contributed by atoms with Gasteiger partial charge in [0.2, 0.25) is 0 Å². The summed E-state index contributed by atoms with van der Waals surface area (Å²) in [6.45, 7) is 3.71. The minimum absolute atomic E-state index is 0.224. The summed E-state index contributed by atoms with van der Waals surface area (Å²) < 4.78 is 11.3. The maximum atomic E-state index is 8.72. The molecule has 0 heterocycles. The molecule has 0 spiro atoms. The molecule has 0 aromatic heterocycles. The smallest absolute Gasteiger partial charge is 0.119 e. The van der Waals surface area contributed by atoms with E-state index in [1.54, 1.807) is 0 Å². The van der Waals surface area contributed by atoms with Crippen LogP contribution in [0.15, 0.2) is 36.4 Å². The van der Waals surface area contributed by atoms with E-state index < -0.39 is 0 Å². The van der Waals surface area contributed by atoms with Gasteiger partial charge in [0.25, 0.3) is 0 Å². The van der Waals surface area contributed by atoms with Crippen molar-refractivity contribution in [3.05, 3.63) is 36.4 Å². The van der Waals surface area contributed by atoms with Crippen molar-refractivity contribution in [2.24, 2.45) is 0 Å². The van der Waals surface area contributed by atoms with Crippen molar-refractivity contribution in [1.82, 2.24) is 0 Å². The second-order valence-electron chi connectivity index (χ2n) is 4.80. The molecule has 20 heavy (non-hydrogen) atoms. The van der Waals surface area contributed by atoms with Crippen LogP contribution in [0.2, 0.25) is 0 Å². The molecular weight excluding hydrogens is 252 g/mol. The van der Waals surface area contributed by atoms with Crippen LogP contribution in [-0.2, 0) is 0 Å². The van der Waals surface area contributed by atoms with Crippen molar-refractivity contribution in [3.8, 4) is 11.5 Å². The second kappa shape index (κ2) is 7.75. The maximum absolute atomic E-state index is 8.72. The van der Waals surface area contributed by atoms with Gasteiger partial charge in [-0.05, 0) is 54.3 Å². The lowest BCUT2D eigenvalue weighted by atomic mass is 10.1. The van der Waals surface area contributed by atoms with E-state index in [1.807, 2.05) is 18.2 Å². The monoisotopic (exact) mass is 274 g/mol. The highest BCUT2D eigenvalue weighted by Crippen LogP contribution is 2.25. The van der Waals surface area contributed by atoms with Crippen molar-refractivity contribution >= 4 is 10.8 Å². The Bertz CT molecular complexity index is 537. The van der Waals surface area contributed by atoms with Crippen LogP contribution in [0.5, 0.6) is 11.5 Å². The van der Waals surface area contributed by atoms with Crippen LogP contribution in [0.4, 0.5) is 0 Å².